The minimum Gasteiger partial charge on any atom is -0.497 e. The lowest BCUT2D eigenvalue weighted by Crippen LogP contribution is -2.52. The van der Waals surface area contributed by atoms with Gasteiger partial charge in [0, 0.05) is 18.0 Å². The van der Waals surface area contributed by atoms with Crippen LogP contribution in [-0.2, 0) is 21.1 Å². The molecule has 12 nitrogen and oxygen atoms in total. The topological polar surface area (TPSA) is 151 Å². The Bertz CT molecular complexity index is 1470. The van der Waals surface area contributed by atoms with Crippen LogP contribution in [0.2, 0.25) is 5.02 Å². The fraction of sp³-hybridized carbons (Fsp3) is 0.333. The molecule has 0 spiro atoms. The van der Waals surface area contributed by atoms with Crippen LogP contribution in [-0.4, -0.2) is 64.8 Å². The number of nitrogens with zero attached hydrogens (tertiary/aromatic N) is 1. The first kappa shape index (κ1) is 30.9. The molecule has 1 aliphatic rings. The zero-order valence-electron chi connectivity index (χ0n) is 21.3. The number of alkyl halides is 2. The van der Waals surface area contributed by atoms with Gasteiger partial charge in [0.15, 0.2) is 11.8 Å². The molecule has 4 rings (SSSR count). The largest absolute Gasteiger partial charge is 0.497 e. The molecule has 4 atom stereocenters. The summed E-state index contributed by atoms with van der Waals surface area (Å²) in [5.74, 6) is 1.29. The van der Waals surface area contributed by atoms with Crippen molar-refractivity contribution in [3.8, 4) is 23.0 Å². The molecule has 0 unspecified atom stereocenters. The van der Waals surface area contributed by atoms with Crippen molar-refractivity contribution in [3.05, 3.63) is 80.6 Å². The third-order valence-corrected chi connectivity index (χ3v) is 8.37. The summed E-state index contributed by atoms with van der Waals surface area (Å²) in [6, 6.07) is 12.2. The SMILES string of the molecule is COc1ccc(OP(=S)(OC[C@@]2(C(F)F)O[C@@H](n3cc(Cl)c(=O)[nH]c3=O)[C@H](O)[C@H]2O)Oc2ccc(OC)cc2)cc1. The highest BCUT2D eigenvalue weighted by Gasteiger charge is 2.61. The second kappa shape index (κ2) is 12.4. The van der Waals surface area contributed by atoms with E-state index >= 15 is 0 Å². The van der Waals surface area contributed by atoms with Gasteiger partial charge in [0.1, 0.15) is 40.2 Å². The van der Waals surface area contributed by atoms with E-state index in [0.29, 0.717) is 16.1 Å². The molecule has 0 bridgehead atoms. The van der Waals surface area contributed by atoms with Crippen molar-refractivity contribution in [2.75, 3.05) is 20.8 Å². The average molecular weight is 637 g/mol. The first-order valence-electron chi connectivity index (χ1n) is 11.7. The maximum absolute atomic E-state index is 14.6. The highest BCUT2D eigenvalue weighted by Crippen LogP contribution is 2.53. The fourth-order valence-corrected chi connectivity index (χ4v) is 5.92. The Morgan fingerprint density at radius 3 is 1.98 bits per heavy atom. The first-order chi connectivity index (χ1) is 19.4. The Morgan fingerprint density at radius 1 is 1.02 bits per heavy atom. The van der Waals surface area contributed by atoms with Crippen molar-refractivity contribution >= 4 is 30.1 Å². The van der Waals surface area contributed by atoms with Crippen molar-refractivity contribution in [2.24, 2.45) is 0 Å². The van der Waals surface area contributed by atoms with Crippen LogP contribution in [0, 0.1) is 0 Å². The van der Waals surface area contributed by atoms with Crippen LogP contribution >= 0.6 is 18.3 Å². The van der Waals surface area contributed by atoms with Crippen molar-refractivity contribution in [2.45, 2.75) is 30.5 Å². The molecule has 222 valence electrons. The van der Waals surface area contributed by atoms with Gasteiger partial charge in [-0.1, -0.05) is 11.6 Å². The molecule has 1 aromatic heterocycles. The second-order valence-corrected chi connectivity index (χ2v) is 11.9. The minimum absolute atomic E-state index is 0.147. The molecule has 0 amide bonds. The number of rotatable bonds is 11. The third kappa shape index (κ3) is 6.56. The molecule has 2 aromatic carbocycles. The summed E-state index contributed by atoms with van der Waals surface area (Å²) in [5.41, 5.74) is -4.99. The fourth-order valence-electron chi connectivity index (χ4n) is 3.83. The molecular weight excluding hydrogens is 613 g/mol. The number of aromatic amines is 1. The number of H-pyrrole nitrogens is 1. The van der Waals surface area contributed by atoms with E-state index in [-0.39, 0.29) is 11.5 Å². The number of ether oxygens (including phenoxy) is 3. The zero-order valence-corrected chi connectivity index (χ0v) is 23.8. The van der Waals surface area contributed by atoms with E-state index in [9.17, 15) is 28.6 Å². The van der Waals surface area contributed by atoms with Gasteiger partial charge in [0.05, 0.1) is 20.8 Å². The first-order valence-corrected chi connectivity index (χ1v) is 14.6. The minimum atomic E-state index is -4.00. The number of nitrogens with one attached hydrogen (secondary N) is 1. The number of hydrogen-bond donors (Lipinski definition) is 3. The Labute approximate surface area is 241 Å². The number of halogens is 3. The summed E-state index contributed by atoms with van der Waals surface area (Å²) in [5, 5.41) is 20.9. The predicted octanol–water partition coefficient (Wildman–Crippen LogP) is 2.86. The van der Waals surface area contributed by atoms with Gasteiger partial charge >= 0.3 is 12.4 Å². The van der Waals surface area contributed by atoms with Gasteiger partial charge < -0.3 is 33.5 Å². The molecule has 3 aromatic rings. The maximum Gasteiger partial charge on any atom is 0.435 e. The van der Waals surface area contributed by atoms with Crippen LogP contribution in [0.1, 0.15) is 6.23 Å². The standard InChI is InChI=1S/C24H24ClF2N2O10PS/c1-34-13-3-7-15(8-4-13)38-40(41,39-16-9-5-14(35-2)6-10-16)36-12-24(22(26)27)19(31)18(30)21(37-24)29-11-17(25)20(32)28-23(29)33/h3-11,18-19,21-22,30-31H,12H2,1-2H3,(H,28,32,33)/t18-,19-,21-,24-/m1/s1. The van der Waals surface area contributed by atoms with Gasteiger partial charge in [-0.3, -0.25) is 18.9 Å². The van der Waals surface area contributed by atoms with E-state index in [1.165, 1.54) is 38.5 Å². The smallest absolute Gasteiger partial charge is 0.435 e. The molecule has 41 heavy (non-hydrogen) atoms. The van der Waals surface area contributed by atoms with Crippen molar-refractivity contribution in [1.29, 1.82) is 0 Å². The van der Waals surface area contributed by atoms with Crippen molar-refractivity contribution < 1.29 is 46.8 Å². The zero-order chi connectivity index (χ0) is 29.9. The van der Waals surface area contributed by atoms with Crippen molar-refractivity contribution in [3.63, 3.8) is 0 Å². The highest BCUT2D eigenvalue weighted by molar-refractivity contribution is 8.07. The van der Waals surface area contributed by atoms with E-state index in [1.54, 1.807) is 24.3 Å². The second-order valence-electron chi connectivity index (χ2n) is 8.60. The molecule has 1 fully saturated rings. The van der Waals surface area contributed by atoms with Gasteiger partial charge in [-0.25, -0.2) is 13.6 Å². The summed E-state index contributed by atoms with van der Waals surface area (Å²) in [6.45, 7) is -5.14. The molecule has 3 N–H and O–H groups in total. The molecule has 0 aliphatic carbocycles. The van der Waals surface area contributed by atoms with Crippen molar-refractivity contribution in [1.82, 2.24) is 9.55 Å². The average Bonchev–Trinajstić information content (AvgIpc) is 3.21. The van der Waals surface area contributed by atoms with Gasteiger partial charge in [-0.15, -0.1) is 0 Å². The Kier molecular flexibility index (Phi) is 9.39. The van der Waals surface area contributed by atoms with Crippen LogP contribution in [0.15, 0.2) is 64.3 Å². The lowest BCUT2D eigenvalue weighted by Gasteiger charge is -2.33. The van der Waals surface area contributed by atoms with Crippen LogP contribution in [0.3, 0.4) is 0 Å². The van der Waals surface area contributed by atoms with Crippen LogP contribution in [0.4, 0.5) is 8.78 Å². The lowest BCUT2D eigenvalue weighted by molar-refractivity contribution is -0.192. The number of aromatic nitrogens is 2. The number of aliphatic hydroxyl groups excluding tert-OH is 2. The third-order valence-electron chi connectivity index (χ3n) is 6.03. The normalized spacial score (nSPS) is 22.5. The molecule has 17 heteroatoms. The summed E-state index contributed by atoms with van der Waals surface area (Å²) in [4.78, 5) is 25.8. The quantitative estimate of drug-likeness (QED) is 0.267. The molecule has 1 aliphatic heterocycles. The maximum atomic E-state index is 14.6. The number of hydrogen-bond acceptors (Lipinski definition) is 11. The molecule has 1 saturated heterocycles. The van der Waals surface area contributed by atoms with E-state index in [2.05, 4.69) is 0 Å². The highest BCUT2D eigenvalue weighted by atomic mass is 35.5. The van der Waals surface area contributed by atoms with Crippen LogP contribution in [0.25, 0.3) is 0 Å². The number of aliphatic hydroxyl groups is 2. The molecular formula is C24H24ClF2N2O10PS. The summed E-state index contributed by atoms with van der Waals surface area (Å²) in [7, 11) is 2.92. The van der Waals surface area contributed by atoms with E-state index in [1.807, 2.05) is 4.98 Å². The summed E-state index contributed by atoms with van der Waals surface area (Å²) >= 11 is 11.3. The van der Waals surface area contributed by atoms with Crippen LogP contribution in [0.5, 0.6) is 23.0 Å². The van der Waals surface area contributed by atoms with Crippen LogP contribution < -0.4 is 29.8 Å². The van der Waals surface area contributed by atoms with E-state index < -0.39 is 60.1 Å². The Hall–Kier alpha value is -3.04. The van der Waals surface area contributed by atoms with Gasteiger partial charge in [0.25, 0.3) is 12.0 Å². The Balaban J connectivity index is 1.65. The van der Waals surface area contributed by atoms with E-state index in [0.717, 1.165) is 6.20 Å². The predicted molar refractivity (Wildman–Crippen MR) is 145 cm³/mol. The summed E-state index contributed by atoms with van der Waals surface area (Å²) < 4.78 is 62.6. The molecule has 2 heterocycles. The Morgan fingerprint density at radius 2 is 1.51 bits per heavy atom. The van der Waals surface area contributed by atoms with E-state index in [4.69, 9.17) is 51.2 Å². The molecule has 0 radical (unpaired) electrons. The van der Waals surface area contributed by atoms with Gasteiger partial charge in [-0.2, -0.15) is 0 Å². The number of methoxy groups -OCH3 is 2. The monoisotopic (exact) mass is 636 g/mol. The summed E-state index contributed by atoms with van der Waals surface area (Å²) in [6.07, 6.45) is -8.94. The number of benzene rings is 2. The van der Waals surface area contributed by atoms with Gasteiger partial charge in [0.2, 0.25) is 0 Å². The lowest BCUT2D eigenvalue weighted by atomic mass is 9.96. The van der Waals surface area contributed by atoms with Gasteiger partial charge in [-0.05, 0) is 48.5 Å². The molecule has 0 saturated carbocycles.